The topological polar surface area (TPSA) is 75.7 Å². The van der Waals surface area contributed by atoms with Gasteiger partial charge in [0.25, 0.3) is 10.0 Å². The molecule has 0 fully saturated rings. The lowest BCUT2D eigenvalue weighted by Gasteiger charge is -2.25. The molecule has 150 valence electrons. The van der Waals surface area contributed by atoms with E-state index in [2.05, 4.69) is 5.32 Å². The van der Waals surface area contributed by atoms with Gasteiger partial charge >= 0.3 is 0 Å². The normalized spacial score (nSPS) is 11.0. The van der Waals surface area contributed by atoms with E-state index in [-0.39, 0.29) is 17.3 Å². The van der Waals surface area contributed by atoms with Gasteiger partial charge in [0.15, 0.2) is 0 Å². The van der Waals surface area contributed by atoms with Crippen molar-refractivity contribution in [3.63, 3.8) is 0 Å². The van der Waals surface area contributed by atoms with E-state index in [9.17, 15) is 13.2 Å². The second-order valence-corrected chi connectivity index (χ2v) is 8.26. The average Bonchev–Trinajstić information content (AvgIpc) is 2.73. The van der Waals surface area contributed by atoms with E-state index in [0.29, 0.717) is 17.1 Å². The molecule has 0 heterocycles. The molecule has 29 heavy (non-hydrogen) atoms. The van der Waals surface area contributed by atoms with Gasteiger partial charge in [0.05, 0.1) is 24.2 Å². The number of hydrogen-bond acceptors (Lipinski definition) is 4. The first-order valence-electron chi connectivity index (χ1n) is 8.98. The Morgan fingerprint density at radius 1 is 0.931 bits per heavy atom. The van der Waals surface area contributed by atoms with Crippen LogP contribution in [0.15, 0.2) is 83.8 Å². The van der Waals surface area contributed by atoms with Crippen molar-refractivity contribution in [3.05, 3.63) is 84.4 Å². The number of sulfonamides is 1. The lowest BCUT2D eigenvalue weighted by atomic mass is 10.2. The fraction of sp³-hybridized carbons (Fsp3) is 0.136. The molecule has 0 radical (unpaired) electrons. The number of amides is 1. The van der Waals surface area contributed by atoms with E-state index in [0.717, 1.165) is 5.56 Å². The summed E-state index contributed by atoms with van der Waals surface area (Å²) in [6.07, 6.45) is 0. The van der Waals surface area contributed by atoms with Crippen molar-refractivity contribution in [2.75, 3.05) is 16.7 Å². The van der Waals surface area contributed by atoms with Gasteiger partial charge < -0.3 is 10.1 Å². The Hall–Kier alpha value is -3.32. The highest BCUT2D eigenvalue weighted by molar-refractivity contribution is 7.92. The zero-order chi connectivity index (χ0) is 20.9. The van der Waals surface area contributed by atoms with Gasteiger partial charge in [-0.15, -0.1) is 0 Å². The molecule has 0 saturated carbocycles. The Morgan fingerprint density at radius 2 is 1.55 bits per heavy atom. The summed E-state index contributed by atoms with van der Waals surface area (Å²) in [7, 11) is -2.28. The van der Waals surface area contributed by atoms with Gasteiger partial charge in [0.1, 0.15) is 5.75 Å². The Bertz CT molecular complexity index is 1060. The third kappa shape index (κ3) is 4.94. The molecule has 6 nitrogen and oxygen atoms in total. The third-order valence-electron chi connectivity index (χ3n) is 4.29. The first-order valence-corrected chi connectivity index (χ1v) is 10.4. The molecule has 7 heteroatoms. The van der Waals surface area contributed by atoms with Crippen molar-refractivity contribution >= 4 is 27.3 Å². The van der Waals surface area contributed by atoms with Crippen molar-refractivity contribution in [3.8, 4) is 5.75 Å². The van der Waals surface area contributed by atoms with Crippen molar-refractivity contribution < 1.29 is 17.9 Å². The number of carbonyl (C=O) groups excluding carboxylic acids is 1. The molecular weight excluding hydrogens is 388 g/mol. The first-order chi connectivity index (χ1) is 13.9. The Kier molecular flexibility index (Phi) is 6.19. The maximum atomic E-state index is 13.4. The minimum atomic E-state index is -3.84. The molecule has 0 aromatic heterocycles. The standard InChI is InChI=1S/C22H22N2O4S/c1-17(25)23-19-8-14-22(15-9-19)29(26,27)24(16-18-6-4-3-5-7-18)20-10-12-21(28-2)13-11-20/h3-15H,16H2,1-2H3,(H,23,25). The van der Waals surface area contributed by atoms with Crippen LogP contribution < -0.4 is 14.4 Å². The highest BCUT2D eigenvalue weighted by Crippen LogP contribution is 2.28. The molecule has 0 saturated heterocycles. The molecule has 0 aliphatic carbocycles. The maximum Gasteiger partial charge on any atom is 0.264 e. The van der Waals surface area contributed by atoms with Crippen LogP contribution in [0.4, 0.5) is 11.4 Å². The Balaban J connectivity index is 1.99. The number of nitrogens with one attached hydrogen (secondary N) is 1. The summed E-state index contributed by atoms with van der Waals surface area (Å²) in [5.74, 6) is 0.426. The van der Waals surface area contributed by atoms with Gasteiger partial charge in [0, 0.05) is 12.6 Å². The van der Waals surface area contributed by atoms with Crippen LogP contribution in [-0.4, -0.2) is 21.4 Å². The van der Waals surface area contributed by atoms with Crippen LogP contribution in [0, 0.1) is 0 Å². The molecule has 3 aromatic rings. The predicted octanol–water partition coefficient (Wildman–Crippen LogP) is 4.05. The summed E-state index contributed by atoms with van der Waals surface area (Å²) >= 11 is 0. The summed E-state index contributed by atoms with van der Waals surface area (Å²) in [5.41, 5.74) is 1.93. The minimum Gasteiger partial charge on any atom is -0.497 e. The fourth-order valence-corrected chi connectivity index (χ4v) is 4.31. The molecule has 0 aliphatic heterocycles. The molecule has 1 amide bonds. The first kappa shape index (κ1) is 20.4. The van der Waals surface area contributed by atoms with Gasteiger partial charge in [-0.2, -0.15) is 0 Å². The van der Waals surface area contributed by atoms with Crippen LogP contribution in [0.3, 0.4) is 0 Å². The highest BCUT2D eigenvalue weighted by Gasteiger charge is 2.25. The fourth-order valence-electron chi connectivity index (χ4n) is 2.85. The second-order valence-electron chi connectivity index (χ2n) is 6.40. The van der Waals surface area contributed by atoms with Gasteiger partial charge in [-0.3, -0.25) is 9.10 Å². The van der Waals surface area contributed by atoms with E-state index < -0.39 is 10.0 Å². The molecule has 0 aliphatic rings. The third-order valence-corrected chi connectivity index (χ3v) is 6.08. The Labute approximate surface area is 170 Å². The quantitative estimate of drug-likeness (QED) is 0.638. The van der Waals surface area contributed by atoms with Gasteiger partial charge in [0.2, 0.25) is 5.91 Å². The summed E-state index contributed by atoms with van der Waals surface area (Å²) in [6, 6.07) is 22.4. The molecule has 3 aromatic carbocycles. The van der Waals surface area contributed by atoms with Gasteiger partial charge in [-0.1, -0.05) is 30.3 Å². The van der Waals surface area contributed by atoms with Crippen molar-refractivity contribution in [1.29, 1.82) is 0 Å². The molecule has 3 rings (SSSR count). The van der Waals surface area contributed by atoms with Gasteiger partial charge in [-0.05, 0) is 54.1 Å². The minimum absolute atomic E-state index is 0.137. The second kappa shape index (κ2) is 8.79. The number of ether oxygens (including phenoxy) is 1. The van der Waals surface area contributed by atoms with Crippen LogP contribution in [0.25, 0.3) is 0 Å². The van der Waals surface area contributed by atoms with Crippen LogP contribution in [0.2, 0.25) is 0 Å². The van der Waals surface area contributed by atoms with E-state index in [1.165, 1.54) is 23.4 Å². The number of anilines is 2. The van der Waals surface area contributed by atoms with Crippen molar-refractivity contribution in [1.82, 2.24) is 0 Å². The predicted molar refractivity (Wildman–Crippen MR) is 114 cm³/mol. The van der Waals surface area contributed by atoms with Crippen LogP contribution in [-0.2, 0) is 21.4 Å². The smallest absolute Gasteiger partial charge is 0.264 e. The summed E-state index contributed by atoms with van der Waals surface area (Å²) in [5, 5.41) is 2.64. The number of nitrogens with zero attached hydrogens (tertiary/aromatic N) is 1. The van der Waals surface area contributed by atoms with E-state index in [4.69, 9.17) is 4.74 Å². The molecule has 0 unspecified atom stereocenters. The molecular formula is C22H22N2O4S. The monoisotopic (exact) mass is 410 g/mol. The SMILES string of the molecule is COc1ccc(N(Cc2ccccc2)S(=O)(=O)c2ccc(NC(C)=O)cc2)cc1. The summed E-state index contributed by atoms with van der Waals surface area (Å²) in [4.78, 5) is 11.3. The lowest BCUT2D eigenvalue weighted by molar-refractivity contribution is -0.114. The number of carbonyl (C=O) groups is 1. The number of benzene rings is 3. The largest absolute Gasteiger partial charge is 0.497 e. The van der Waals surface area contributed by atoms with Crippen molar-refractivity contribution in [2.24, 2.45) is 0 Å². The maximum absolute atomic E-state index is 13.4. The van der Waals surface area contributed by atoms with E-state index in [1.54, 1.807) is 43.5 Å². The van der Waals surface area contributed by atoms with Crippen LogP contribution in [0.1, 0.15) is 12.5 Å². The zero-order valence-corrected chi connectivity index (χ0v) is 17.0. The van der Waals surface area contributed by atoms with E-state index >= 15 is 0 Å². The van der Waals surface area contributed by atoms with Crippen LogP contribution in [0.5, 0.6) is 5.75 Å². The van der Waals surface area contributed by atoms with Gasteiger partial charge in [-0.25, -0.2) is 8.42 Å². The number of hydrogen-bond donors (Lipinski definition) is 1. The molecule has 0 spiro atoms. The van der Waals surface area contributed by atoms with Crippen molar-refractivity contribution in [2.45, 2.75) is 18.4 Å². The molecule has 0 bridgehead atoms. The van der Waals surface area contributed by atoms with E-state index in [1.807, 2.05) is 30.3 Å². The zero-order valence-electron chi connectivity index (χ0n) is 16.2. The Morgan fingerprint density at radius 3 is 2.10 bits per heavy atom. The molecule has 0 atom stereocenters. The molecule has 1 N–H and O–H groups in total. The number of methoxy groups -OCH3 is 1. The summed E-state index contributed by atoms with van der Waals surface area (Å²) in [6.45, 7) is 1.58. The number of rotatable bonds is 7. The summed E-state index contributed by atoms with van der Waals surface area (Å²) < 4.78 is 33.4. The lowest BCUT2D eigenvalue weighted by Crippen LogP contribution is -2.30. The van der Waals surface area contributed by atoms with Crippen LogP contribution >= 0.6 is 0 Å². The highest BCUT2D eigenvalue weighted by atomic mass is 32.2. The average molecular weight is 410 g/mol.